The molecule has 0 aromatic carbocycles. The van der Waals surface area contributed by atoms with Gasteiger partial charge in [-0.25, -0.2) is 0 Å². The highest BCUT2D eigenvalue weighted by Crippen LogP contribution is 1.78. The van der Waals surface area contributed by atoms with Crippen LogP contribution in [0, 0.1) is 0 Å². The fourth-order valence-corrected chi connectivity index (χ4v) is 0.342. The van der Waals surface area contributed by atoms with Crippen LogP contribution in [0.1, 0.15) is 13.3 Å². The molecule has 0 heterocycles. The Morgan fingerprint density at radius 3 is 2.78 bits per heavy atom. The minimum absolute atomic E-state index is 0.861. The van der Waals surface area contributed by atoms with E-state index in [1.165, 1.54) is 0 Å². The van der Waals surface area contributed by atoms with Crippen LogP contribution in [-0.2, 0) is 0 Å². The van der Waals surface area contributed by atoms with Crippen molar-refractivity contribution in [1.29, 1.82) is 0 Å². The third kappa shape index (κ3) is 5.00. The van der Waals surface area contributed by atoms with Gasteiger partial charge in [-0.3, -0.25) is 10.0 Å². The first-order valence-electron chi connectivity index (χ1n) is 3.00. The average molecular weight is 127 g/mol. The maximum absolute atomic E-state index is 4.03. The second kappa shape index (κ2) is 5.28. The molecule has 9 heavy (non-hydrogen) atoms. The van der Waals surface area contributed by atoms with Crippen LogP contribution in [0.2, 0.25) is 0 Å². The molecule has 0 aliphatic heterocycles. The smallest absolute Gasteiger partial charge is 0.105 e. The van der Waals surface area contributed by atoms with Crippen molar-refractivity contribution in [1.82, 2.24) is 5.01 Å². The molecule has 0 saturated carbocycles. The Morgan fingerprint density at radius 1 is 1.67 bits per heavy atom. The molecular formula is C6H13N3. The fraction of sp³-hybridized carbons (Fsp3) is 0.667. The summed E-state index contributed by atoms with van der Waals surface area (Å²) >= 11 is 0. The van der Waals surface area contributed by atoms with Crippen molar-refractivity contribution in [2.45, 2.75) is 13.3 Å². The van der Waals surface area contributed by atoms with Crippen molar-refractivity contribution in [3.8, 4) is 0 Å². The predicted molar refractivity (Wildman–Crippen MR) is 41.0 cm³/mol. The molecule has 3 nitrogen and oxygen atoms in total. The van der Waals surface area contributed by atoms with Crippen LogP contribution in [0.4, 0.5) is 0 Å². The summed E-state index contributed by atoms with van der Waals surface area (Å²) in [7, 11) is 1.80. The monoisotopic (exact) mass is 127 g/mol. The molecule has 0 amide bonds. The van der Waals surface area contributed by atoms with Gasteiger partial charge in [-0.15, -0.1) is 0 Å². The first-order chi connectivity index (χ1) is 4.31. The van der Waals surface area contributed by atoms with Gasteiger partial charge in [-0.2, -0.15) is 5.10 Å². The largest absolute Gasteiger partial charge is 0.274 e. The maximum atomic E-state index is 4.03. The molecule has 0 aliphatic rings. The van der Waals surface area contributed by atoms with Crippen molar-refractivity contribution in [2.24, 2.45) is 10.1 Å². The summed E-state index contributed by atoms with van der Waals surface area (Å²) in [6.45, 7) is 6.27. The first kappa shape index (κ1) is 8.14. The van der Waals surface area contributed by atoms with Crippen LogP contribution < -0.4 is 0 Å². The van der Waals surface area contributed by atoms with E-state index in [-0.39, 0.29) is 0 Å². The summed E-state index contributed by atoms with van der Waals surface area (Å²) < 4.78 is 0. The SMILES string of the molecule is C=NN(C)C=NCCC. The summed E-state index contributed by atoms with van der Waals surface area (Å²) in [6.07, 6.45) is 2.73. The van der Waals surface area contributed by atoms with Crippen LogP contribution in [0.5, 0.6) is 0 Å². The molecule has 0 unspecified atom stereocenters. The molecule has 0 spiro atoms. The Labute approximate surface area is 56.1 Å². The molecule has 0 atom stereocenters. The van der Waals surface area contributed by atoms with Crippen LogP contribution in [0.3, 0.4) is 0 Å². The fourth-order valence-electron chi connectivity index (χ4n) is 0.342. The van der Waals surface area contributed by atoms with E-state index in [1.807, 2.05) is 0 Å². The van der Waals surface area contributed by atoms with Crippen LogP contribution in [0.25, 0.3) is 0 Å². The zero-order valence-corrected chi connectivity index (χ0v) is 6.04. The van der Waals surface area contributed by atoms with Crippen molar-refractivity contribution in [3.05, 3.63) is 0 Å². The molecule has 3 heteroatoms. The predicted octanol–water partition coefficient (Wildman–Crippen LogP) is 0.972. The molecule has 0 N–H and O–H groups in total. The lowest BCUT2D eigenvalue weighted by Gasteiger charge is -2.01. The van der Waals surface area contributed by atoms with Gasteiger partial charge in [0.25, 0.3) is 0 Å². The summed E-state index contributed by atoms with van der Waals surface area (Å²) in [5.74, 6) is 0. The highest BCUT2D eigenvalue weighted by atomic mass is 15.4. The van der Waals surface area contributed by atoms with Gasteiger partial charge >= 0.3 is 0 Å². The van der Waals surface area contributed by atoms with Gasteiger partial charge < -0.3 is 0 Å². The van der Waals surface area contributed by atoms with Crippen LogP contribution in [-0.4, -0.2) is 31.7 Å². The number of nitrogens with zero attached hydrogens (tertiary/aromatic N) is 3. The van der Waals surface area contributed by atoms with Gasteiger partial charge in [-0.05, 0) is 6.42 Å². The van der Waals surface area contributed by atoms with E-state index >= 15 is 0 Å². The minimum atomic E-state index is 0.861. The van der Waals surface area contributed by atoms with Crippen molar-refractivity contribution in [3.63, 3.8) is 0 Å². The van der Waals surface area contributed by atoms with E-state index in [9.17, 15) is 0 Å². The Balaban J connectivity index is 3.31. The van der Waals surface area contributed by atoms with Crippen LogP contribution in [0.15, 0.2) is 10.1 Å². The number of hydrogen-bond donors (Lipinski definition) is 0. The summed E-state index contributed by atoms with van der Waals surface area (Å²) in [5, 5.41) is 5.17. The van der Waals surface area contributed by atoms with E-state index in [0.717, 1.165) is 13.0 Å². The Kier molecular flexibility index (Phi) is 4.78. The average Bonchev–Trinajstić information content (AvgIpc) is 1.89. The number of aliphatic imine (C=N–C) groups is 1. The minimum Gasteiger partial charge on any atom is -0.274 e. The quantitative estimate of drug-likeness (QED) is 0.314. The van der Waals surface area contributed by atoms with E-state index in [0.29, 0.717) is 0 Å². The van der Waals surface area contributed by atoms with Crippen molar-refractivity contribution < 1.29 is 0 Å². The highest BCUT2D eigenvalue weighted by molar-refractivity contribution is 5.54. The molecular weight excluding hydrogens is 114 g/mol. The normalized spacial score (nSPS) is 10.0. The van der Waals surface area contributed by atoms with Gasteiger partial charge in [0.2, 0.25) is 0 Å². The second-order valence-electron chi connectivity index (χ2n) is 1.74. The molecule has 0 fully saturated rings. The number of rotatable bonds is 4. The zero-order chi connectivity index (χ0) is 7.11. The van der Waals surface area contributed by atoms with Gasteiger partial charge in [0.15, 0.2) is 0 Å². The molecule has 0 aliphatic carbocycles. The van der Waals surface area contributed by atoms with Crippen molar-refractivity contribution in [2.75, 3.05) is 13.6 Å². The molecule has 0 saturated heterocycles. The van der Waals surface area contributed by atoms with Gasteiger partial charge in [0.1, 0.15) is 6.34 Å². The van der Waals surface area contributed by atoms with Gasteiger partial charge in [0, 0.05) is 20.3 Å². The highest BCUT2D eigenvalue weighted by Gasteiger charge is 1.78. The maximum Gasteiger partial charge on any atom is 0.105 e. The lowest BCUT2D eigenvalue weighted by atomic mass is 10.5. The lowest BCUT2D eigenvalue weighted by molar-refractivity contribution is 0.564. The molecule has 0 bridgehead atoms. The van der Waals surface area contributed by atoms with Gasteiger partial charge in [0.05, 0.1) is 0 Å². The molecule has 0 aromatic rings. The summed E-state index contributed by atoms with van der Waals surface area (Å²) in [5.41, 5.74) is 0. The third-order valence-corrected chi connectivity index (χ3v) is 0.825. The standard InChI is InChI=1S/C6H13N3/c1-4-5-8-6-9(3)7-2/h6H,2,4-5H2,1,3H3. The first-order valence-corrected chi connectivity index (χ1v) is 3.00. The van der Waals surface area contributed by atoms with E-state index in [1.54, 1.807) is 18.4 Å². The molecule has 0 radical (unpaired) electrons. The number of hydrogen-bond acceptors (Lipinski definition) is 2. The topological polar surface area (TPSA) is 28.0 Å². The van der Waals surface area contributed by atoms with Crippen molar-refractivity contribution >= 4 is 13.1 Å². The Morgan fingerprint density at radius 2 is 2.33 bits per heavy atom. The Bertz CT molecular complexity index is 98.5. The van der Waals surface area contributed by atoms with Gasteiger partial charge in [-0.1, -0.05) is 6.92 Å². The van der Waals surface area contributed by atoms with E-state index in [2.05, 4.69) is 23.7 Å². The summed E-state index contributed by atoms with van der Waals surface area (Å²) in [6, 6.07) is 0. The summed E-state index contributed by atoms with van der Waals surface area (Å²) in [4.78, 5) is 4.03. The number of hydrazone groups is 1. The molecule has 0 rings (SSSR count). The lowest BCUT2D eigenvalue weighted by Crippen LogP contribution is -2.06. The third-order valence-electron chi connectivity index (χ3n) is 0.825. The second-order valence-corrected chi connectivity index (χ2v) is 1.74. The molecule has 52 valence electrons. The Hall–Kier alpha value is -0.860. The van der Waals surface area contributed by atoms with E-state index < -0.39 is 0 Å². The molecule has 0 aromatic heterocycles. The van der Waals surface area contributed by atoms with Crippen LogP contribution >= 0.6 is 0 Å². The zero-order valence-electron chi connectivity index (χ0n) is 6.04. The van der Waals surface area contributed by atoms with E-state index in [4.69, 9.17) is 0 Å².